The second kappa shape index (κ2) is 6.77. The zero-order valence-corrected chi connectivity index (χ0v) is 12.2. The quantitative estimate of drug-likeness (QED) is 0.857. The van der Waals surface area contributed by atoms with Crippen LogP contribution in [-0.4, -0.2) is 19.8 Å². The van der Waals surface area contributed by atoms with Crippen molar-refractivity contribution in [2.45, 2.75) is 19.4 Å². The zero-order valence-electron chi connectivity index (χ0n) is 11.4. The first-order valence-electron chi connectivity index (χ1n) is 7.02. The number of rotatable bonds is 5. The Bertz CT molecular complexity index is 539. The van der Waals surface area contributed by atoms with Crippen LogP contribution < -0.4 is 14.8 Å². The van der Waals surface area contributed by atoms with Gasteiger partial charge in [-0.1, -0.05) is 6.07 Å². The Morgan fingerprint density at radius 3 is 2.80 bits per heavy atom. The maximum Gasteiger partial charge on any atom is 0.161 e. The van der Waals surface area contributed by atoms with Gasteiger partial charge in [-0.2, -0.15) is 11.3 Å². The number of hydrogen-bond acceptors (Lipinski definition) is 4. The summed E-state index contributed by atoms with van der Waals surface area (Å²) in [5.74, 6) is 1.74. The molecule has 3 nitrogen and oxygen atoms in total. The lowest BCUT2D eigenvalue weighted by atomic mass is 10.2. The van der Waals surface area contributed by atoms with Gasteiger partial charge < -0.3 is 14.8 Å². The van der Waals surface area contributed by atoms with Crippen molar-refractivity contribution in [3.05, 3.63) is 46.2 Å². The number of fused-ring (bicyclic) bond motifs is 1. The molecule has 1 aromatic heterocycles. The van der Waals surface area contributed by atoms with Crippen molar-refractivity contribution < 1.29 is 9.47 Å². The van der Waals surface area contributed by atoms with Gasteiger partial charge in [0.05, 0.1) is 13.2 Å². The van der Waals surface area contributed by atoms with Crippen LogP contribution in [0.15, 0.2) is 35.0 Å². The van der Waals surface area contributed by atoms with Crippen molar-refractivity contribution in [1.82, 2.24) is 5.32 Å². The second-order valence-corrected chi connectivity index (χ2v) is 5.67. The van der Waals surface area contributed by atoms with Crippen LogP contribution in [0.3, 0.4) is 0 Å². The summed E-state index contributed by atoms with van der Waals surface area (Å²) in [7, 11) is 0. The van der Waals surface area contributed by atoms with Crippen molar-refractivity contribution in [3.8, 4) is 11.5 Å². The van der Waals surface area contributed by atoms with Gasteiger partial charge in [0.2, 0.25) is 0 Å². The van der Waals surface area contributed by atoms with Gasteiger partial charge in [-0.15, -0.1) is 0 Å². The molecule has 0 saturated heterocycles. The minimum Gasteiger partial charge on any atom is -0.490 e. The van der Waals surface area contributed by atoms with Gasteiger partial charge in [0.15, 0.2) is 11.5 Å². The summed E-state index contributed by atoms with van der Waals surface area (Å²) in [5.41, 5.74) is 2.64. The third-order valence-electron chi connectivity index (χ3n) is 3.31. The Kier molecular flexibility index (Phi) is 4.56. The van der Waals surface area contributed by atoms with E-state index < -0.39 is 0 Å². The first-order chi connectivity index (χ1) is 9.92. The summed E-state index contributed by atoms with van der Waals surface area (Å²) in [6.45, 7) is 3.33. The third-order valence-corrected chi connectivity index (χ3v) is 4.04. The van der Waals surface area contributed by atoms with Crippen LogP contribution in [0.4, 0.5) is 0 Å². The van der Waals surface area contributed by atoms with Crippen LogP contribution in [0.1, 0.15) is 17.5 Å². The average Bonchev–Trinajstić information content (AvgIpc) is 2.87. The van der Waals surface area contributed by atoms with E-state index in [4.69, 9.17) is 9.47 Å². The van der Waals surface area contributed by atoms with Crippen molar-refractivity contribution in [2.24, 2.45) is 0 Å². The molecular formula is C16H19NO2S. The fourth-order valence-corrected chi connectivity index (χ4v) is 2.92. The van der Waals surface area contributed by atoms with E-state index in [-0.39, 0.29) is 0 Å². The van der Waals surface area contributed by atoms with E-state index in [0.29, 0.717) is 0 Å². The third kappa shape index (κ3) is 3.52. The first kappa shape index (κ1) is 13.5. The number of thiophene rings is 1. The summed E-state index contributed by atoms with van der Waals surface area (Å²) >= 11 is 1.75. The van der Waals surface area contributed by atoms with Crippen LogP contribution in [0.2, 0.25) is 0 Å². The van der Waals surface area contributed by atoms with Gasteiger partial charge in [-0.05, 0) is 53.1 Å². The predicted molar refractivity (Wildman–Crippen MR) is 81.8 cm³/mol. The van der Waals surface area contributed by atoms with E-state index in [2.05, 4.69) is 34.3 Å². The fourth-order valence-electron chi connectivity index (χ4n) is 2.22. The Morgan fingerprint density at radius 1 is 1.05 bits per heavy atom. The monoisotopic (exact) mass is 289 g/mol. The fraction of sp³-hybridized carbons (Fsp3) is 0.375. The van der Waals surface area contributed by atoms with E-state index in [1.54, 1.807) is 11.3 Å². The molecule has 1 aliphatic heterocycles. The molecular weight excluding hydrogens is 270 g/mol. The van der Waals surface area contributed by atoms with Crippen LogP contribution >= 0.6 is 11.3 Å². The topological polar surface area (TPSA) is 30.5 Å². The lowest BCUT2D eigenvalue weighted by Gasteiger charge is -2.10. The number of ether oxygens (including phenoxy) is 2. The lowest BCUT2D eigenvalue weighted by Crippen LogP contribution is -2.16. The van der Waals surface area contributed by atoms with Crippen molar-refractivity contribution in [2.75, 3.05) is 19.8 Å². The molecule has 0 spiro atoms. The smallest absolute Gasteiger partial charge is 0.161 e. The molecule has 0 saturated carbocycles. The second-order valence-electron chi connectivity index (χ2n) is 4.89. The molecule has 0 unspecified atom stereocenters. The van der Waals surface area contributed by atoms with E-state index in [0.717, 1.165) is 50.6 Å². The Balaban J connectivity index is 1.51. The van der Waals surface area contributed by atoms with E-state index in [1.807, 2.05) is 6.07 Å². The summed E-state index contributed by atoms with van der Waals surface area (Å²) in [4.78, 5) is 0. The molecule has 0 aliphatic carbocycles. The first-order valence-corrected chi connectivity index (χ1v) is 7.96. The standard InChI is InChI=1S/C16H19NO2S/c1-7-18-15-3-2-14(10-16(15)19-8-1)11-17-6-4-13-5-9-20-12-13/h2-3,5,9-10,12,17H,1,4,6-8,11H2. The van der Waals surface area contributed by atoms with Crippen molar-refractivity contribution in [3.63, 3.8) is 0 Å². The lowest BCUT2D eigenvalue weighted by molar-refractivity contribution is 0.297. The molecule has 106 valence electrons. The highest BCUT2D eigenvalue weighted by molar-refractivity contribution is 7.07. The molecule has 0 bridgehead atoms. The largest absolute Gasteiger partial charge is 0.490 e. The molecule has 3 rings (SSSR count). The van der Waals surface area contributed by atoms with Crippen LogP contribution in [0.25, 0.3) is 0 Å². The summed E-state index contributed by atoms with van der Waals surface area (Å²) < 4.78 is 11.3. The predicted octanol–water partition coefficient (Wildman–Crippen LogP) is 3.24. The van der Waals surface area contributed by atoms with Gasteiger partial charge in [0.25, 0.3) is 0 Å². The summed E-state index contributed by atoms with van der Waals surface area (Å²) in [6.07, 6.45) is 2.02. The Morgan fingerprint density at radius 2 is 1.95 bits per heavy atom. The summed E-state index contributed by atoms with van der Waals surface area (Å²) in [5, 5.41) is 7.80. The zero-order chi connectivity index (χ0) is 13.6. The molecule has 0 radical (unpaired) electrons. The Labute approximate surface area is 123 Å². The highest BCUT2D eigenvalue weighted by atomic mass is 32.1. The number of benzene rings is 1. The molecule has 0 atom stereocenters. The van der Waals surface area contributed by atoms with Crippen molar-refractivity contribution >= 4 is 11.3 Å². The van der Waals surface area contributed by atoms with E-state index >= 15 is 0 Å². The molecule has 20 heavy (non-hydrogen) atoms. The molecule has 2 aromatic rings. The highest BCUT2D eigenvalue weighted by Crippen LogP contribution is 2.30. The molecule has 1 aliphatic rings. The van der Waals surface area contributed by atoms with E-state index in [9.17, 15) is 0 Å². The van der Waals surface area contributed by atoms with E-state index in [1.165, 1.54) is 11.1 Å². The maximum absolute atomic E-state index is 5.70. The van der Waals surface area contributed by atoms with Gasteiger partial charge in [0, 0.05) is 13.0 Å². The molecule has 1 N–H and O–H groups in total. The molecule has 2 heterocycles. The minimum atomic E-state index is 0.738. The minimum absolute atomic E-state index is 0.738. The van der Waals surface area contributed by atoms with Gasteiger partial charge in [-0.25, -0.2) is 0 Å². The number of nitrogens with one attached hydrogen (secondary N) is 1. The van der Waals surface area contributed by atoms with Crippen LogP contribution in [0, 0.1) is 0 Å². The van der Waals surface area contributed by atoms with Gasteiger partial charge in [0.1, 0.15) is 0 Å². The van der Waals surface area contributed by atoms with Gasteiger partial charge in [-0.3, -0.25) is 0 Å². The highest BCUT2D eigenvalue weighted by Gasteiger charge is 2.10. The SMILES string of the molecule is c1cc(CCNCc2ccc3c(c2)OCCCO3)cs1. The summed E-state index contributed by atoms with van der Waals surface area (Å²) in [6, 6.07) is 8.37. The Hall–Kier alpha value is -1.52. The normalized spacial score (nSPS) is 14.0. The van der Waals surface area contributed by atoms with Crippen LogP contribution in [-0.2, 0) is 13.0 Å². The van der Waals surface area contributed by atoms with Crippen molar-refractivity contribution in [1.29, 1.82) is 0 Å². The molecule has 0 fully saturated rings. The number of hydrogen-bond donors (Lipinski definition) is 1. The molecule has 1 aromatic carbocycles. The molecule has 4 heteroatoms. The molecule has 0 amide bonds. The maximum atomic E-state index is 5.70. The average molecular weight is 289 g/mol. The van der Waals surface area contributed by atoms with Crippen LogP contribution in [0.5, 0.6) is 11.5 Å². The van der Waals surface area contributed by atoms with Gasteiger partial charge >= 0.3 is 0 Å².